The predicted octanol–water partition coefficient (Wildman–Crippen LogP) is 5.68. The first-order valence-corrected chi connectivity index (χ1v) is 8.95. The second kappa shape index (κ2) is 6.89. The van der Waals surface area contributed by atoms with Crippen LogP contribution in [0.4, 0.5) is 13.2 Å². The Bertz CT molecular complexity index is 627. The van der Waals surface area contributed by atoms with Crippen LogP contribution in [0.1, 0.15) is 73.7 Å². The average molecular weight is 356 g/mol. The van der Waals surface area contributed by atoms with E-state index in [1.807, 2.05) is 0 Å². The molecule has 0 atom stereocenters. The maximum Gasteiger partial charge on any atom is 0.419 e. The standard InChI is InChI=1S/C19H23F3O3/c20-19(21,22)15-9-8-13(17(23)24)12-16(15)25-18(10-4-1-5-11-18)14-6-2-3-7-14/h8-9,12,14H,1-7,10-11H2,(H,23,24). The molecule has 1 aromatic rings. The first-order chi connectivity index (χ1) is 11.8. The van der Waals surface area contributed by atoms with Crippen molar-refractivity contribution in [3.05, 3.63) is 29.3 Å². The average Bonchev–Trinajstić information content (AvgIpc) is 3.09. The lowest BCUT2D eigenvalue weighted by molar-refractivity contribution is -0.141. The maximum absolute atomic E-state index is 13.4. The number of hydrogen-bond donors (Lipinski definition) is 1. The Labute approximate surface area is 145 Å². The van der Waals surface area contributed by atoms with Crippen molar-refractivity contribution < 1.29 is 27.8 Å². The van der Waals surface area contributed by atoms with Gasteiger partial charge in [0.15, 0.2) is 0 Å². The number of benzene rings is 1. The number of carbonyl (C=O) groups is 1. The third-order valence-electron chi connectivity index (χ3n) is 5.65. The van der Waals surface area contributed by atoms with E-state index in [2.05, 4.69) is 0 Å². The molecule has 2 aliphatic rings. The second-order valence-corrected chi connectivity index (χ2v) is 7.22. The van der Waals surface area contributed by atoms with Crippen molar-refractivity contribution in [2.75, 3.05) is 0 Å². The van der Waals surface area contributed by atoms with Crippen LogP contribution in [0.2, 0.25) is 0 Å². The van der Waals surface area contributed by atoms with Gasteiger partial charge in [0.1, 0.15) is 11.4 Å². The molecule has 0 saturated heterocycles. The van der Waals surface area contributed by atoms with Gasteiger partial charge in [-0.2, -0.15) is 13.2 Å². The van der Waals surface area contributed by atoms with Gasteiger partial charge in [0, 0.05) is 0 Å². The molecule has 0 bridgehead atoms. The number of hydrogen-bond acceptors (Lipinski definition) is 2. The monoisotopic (exact) mass is 356 g/mol. The Morgan fingerprint density at radius 1 is 1.08 bits per heavy atom. The van der Waals surface area contributed by atoms with Crippen molar-refractivity contribution in [3.63, 3.8) is 0 Å². The molecule has 25 heavy (non-hydrogen) atoms. The van der Waals surface area contributed by atoms with E-state index in [9.17, 15) is 18.0 Å². The fourth-order valence-electron chi connectivity index (χ4n) is 4.39. The van der Waals surface area contributed by atoms with Crippen LogP contribution in [0, 0.1) is 5.92 Å². The highest BCUT2D eigenvalue weighted by molar-refractivity contribution is 5.88. The molecule has 1 aromatic carbocycles. The number of ether oxygens (including phenoxy) is 1. The molecule has 0 heterocycles. The van der Waals surface area contributed by atoms with Gasteiger partial charge in [-0.15, -0.1) is 0 Å². The van der Waals surface area contributed by atoms with Crippen LogP contribution in [-0.4, -0.2) is 16.7 Å². The third-order valence-corrected chi connectivity index (χ3v) is 5.65. The van der Waals surface area contributed by atoms with Crippen LogP contribution < -0.4 is 4.74 Å². The van der Waals surface area contributed by atoms with Crippen molar-refractivity contribution in [1.82, 2.24) is 0 Å². The smallest absolute Gasteiger partial charge is 0.419 e. The summed E-state index contributed by atoms with van der Waals surface area (Å²) in [7, 11) is 0. The van der Waals surface area contributed by atoms with Gasteiger partial charge < -0.3 is 9.84 Å². The Kier molecular flexibility index (Phi) is 4.98. The molecular weight excluding hydrogens is 333 g/mol. The van der Waals surface area contributed by atoms with Crippen LogP contribution in [0.5, 0.6) is 5.75 Å². The minimum atomic E-state index is -4.57. The van der Waals surface area contributed by atoms with Crippen molar-refractivity contribution in [3.8, 4) is 5.75 Å². The normalized spacial score (nSPS) is 21.2. The summed E-state index contributed by atoms with van der Waals surface area (Å²) >= 11 is 0. The van der Waals surface area contributed by atoms with Gasteiger partial charge in [-0.1, -0.05) is 19.3 Å². The Hall–Kier alpha value is -1.72. The molecule has 0 unspecified atom stereocenters. The molecular formula is C19H23F3O3. The van der Waals surface area contributed by atoms with Gasteiger partial charge in [0.05, 0.1) is 11.1 Å². The van der Waals surface area contributed by atoms with E-state index in [0.29, 0.717) is 0 Å². The van der Waals surface area contributed by atoms with Gasteiger partial charge >= 0.3 is 12.1 Å². The van der Waals surface area contributed by atoms with Crippen LogP contribution in [-0.2, 0) is 6.18 Å². The quantitative estimate of drug-likeness (QED) is 0.755. The highest BCUT2D eigenvalue weighted by Gasteiger charge is 2.45. The van der Waals surface area contributed by atoms with E-state index >= 15 is 0 Å². The van der Waals surface area contributed by atoms with E-state index in [-0.39, 0.29) is 17.2 Å². The maximum atomic E-state index is 13.4. The lowest BCUT2D eigenvalue weighted by Gasteiger charge is -2.43. The highest BCUT2D eigenvalue weighted by atomic mass is 19.4. The molecule has 2 aliphatic carbocycles. The van der Waals surface area contributed by atoms with E-state index in [4.69, 9.17) is 9.84 Å². The molecule has 138 valence electrons. The predicted molar refractivity (Wildman–Crippen MR) is 86.8 cm³/mol. The molecule has 0 aliphatic heterocycles. The van der Waals surface area contributed by atoms with E-state index in [1.165, 1.54) is 0 Å². The summed E-state index contributed by atoms with van der Waals surface area (Å²) in [6.07, 6.45) is 3.97. The Morgan fingerprint density at radius 3 is 2.28 bits per heavy atom. The Morgan fingerprint density at radius 2 is 1.72 bits per heavy atom. The van der Waals surface area contributed by atoms with Crippen LogP contribution in [0.3, 0.4) is 0 Å². The summed E-state index contributed by atoms with van der Waals surface area (Å²) in [6.45, 7) is 0. The van der Waals surface area contributed by atoms with Gasteiger partial charge in [-0.3, -0.25) is 0 Å². The van der Waals surface area contributed by atoms with Gasteiger partial charge in [0.2, 0.25) is 0 Å². The SMILES string of the molecule is O=C(O)c1ccc(C(F)(F)F)c(OC2(C3CCCC3)CCCCC2)c1. The largest absolute Gasteiger partial charge is 0.486 e. The van der Waals surface area contributed by atoms with Gasteiger partial charge in [0.25, 0.3) is 0 Å². The number of aromatic carboxylic acids is 1. The van der Waals surface area contributed by atoms with Crippen molar-refractivity contribution in [2.45, 2.75) is 69.6 Å². The molecule has 1 N–H and O–H groups in total. The van der Waals surface area contributed by atoms with Crippen molar-refractivity contribution in [1.29, 1.82) is 0 Å². The number of carboxylic acid groups (broad SMARTS) is 1. The molecule has 6 heteroatoms. The topological polar surface area (TPSA) is 46.5 Å². The first kappa shape index (κ1) is 18.1. The minimum Gasteiger partial charge on any atom is -0.486 e. The summed E-state index contributed by atoms with van der Waals surface area (Å²) in [6, 6.07) is 2.85. The van der Waals surface area contributed by atoms with Gasteiger partial charge in [-0.05, 0) is 62.6 Å². The van der Waals surface area contributed by atoms with E-state index in [1.54, 1.807) is 0 Å². The zero-order valence-electron chi connectivity index (χ0n) is 14.1. The molecule has 0 amide bonds. The molecule has 0 radical (unpaired) electrons. The number of halogens is 3. The molecule has 2 fully saturated rings. The summed E-state index contributed by atoms with van der Waals surface area (Å²) in [4.78, 5) is 11.2. The number of alkyl halides is 3. The second-order valence-electron chi connectivity index (χ2n) is 7.22. The molecule has 0 aromatic heterocycles. The summed E-state index contributed by atoms with van der Waals surface area (Å²) in [5.41, 5.74) is -1.66. The zero-order valence-corrected chi connectivity index (χ0v) is 14.1. The lowest BCUT2D eigenvalue weighted by atomic mass is 9.74. The Balaban J connectivity index is 2.00. The molecule has 2 saturated carbocycles. The third kappa shape index (κ3) is 3.77. The van der Waals surface area contributed by atoms with E-state index in [0.717, 1.165) is 76.0 Å². The fraction of sp³-hybridized carbons (Fsp3) is 0.632. The summed E-state index contributed by atoms with van der Waals surface area (Å²) < 4.78 is 46.3. The molecule has 3 rings (SSSR count). The number of rotatable bonds is 4. The summed E-state index contributed by atoms with van der Waals surface area (Å²) in [5, 5.41) is 9.15. The highest BCUT2D eigenvalue weighted by Crippen LogP contribution is 2.47. The molecule has 3 nitrogen and oxygen atoms in total. The van der Waals surface area contributed by atoms with Crippen molar-refractivity contribution in [2.24, 2.45) is 5.92 Å². The summed E-state index contributed by atoms with van der Waals surface area (Å²) in [5.74, 6) is -1.33. The van der Waals surface area contributed by atoms with Crippen LogP contribution in [0.15, 0.2) is 18.2 Å². The minimum absolute atomic E-state index is 0.180. The van der Waals surface area contributed by atoms with E-state index < -0.39 is 23.3 Å². The van der Waals surface area contributed by atoms with Gasteiger partial charge in [-0.25, -0.2) is 4.79 Å². The van der Waals surface area contributed by atoms with Crippen molar-refractivity contribution >= 4 is 5.97 Å². The van der Waals surface area contributed by atoms with Crippen LogP contribution >= 0.6 is 0 Å². The fourth-order valence-corrected chi connectivity index (χ4v) is 4.39. The van der Waals surface area contributed by atoms with Crippen LogP contribution in [0.25, 0.3) is 0 Å². The zero-order chi connectivity index (χ0) is 18.1. The first-order valence-electron chi connectivity index (χ1n) is 8.95. The molecule has 0 spiro atoms. The number of carboxylic acids is 1. The lowest BCUT2D eigenvalue weighted by Crippen LogP contribution is -2.45.